The van der Waals surface area contributed by atoms with Gasteiger partial charge in [0.1, 0.15) is 0 Å². The summed E-state index contributed by atoms with van der Waals surface area (Å²) in [4.78, 5) is 14.9. The average molecular weight is 351 g/mol. The molecule has 1 aliphatic heterocycles. The molecule has 138 valence electrons. The van der Waals surface area contributed by atoms with Gasteiger partial charge >= 0.3 is 0 Å². The molecule has 2 aliphatic rings. The van der Waals surface area contributed by atoms with Crippen molar-refractivity contribution in [3.05, 3.63) is 29.8 Å². The summed E-state index contributed by atoms with van der Waals surface area (Å²) in [7, 11) is 2.05. The van der Waals surface area contributed by atoms with Crippen LogP contribution in [0.25, 0.3) is 0 Å². The van der Waals surface area contributed by atoms with Gasteiger partial charge in [-0.15, -0.1) is 0 Å². The minimum absolute atomic E-state index is 0.0638. The Labute approximate surface area is 147 Å². The van der Waals surface area contributed by atoms with Gasteiger partial charge in [-0.1, -0.05) is 18.2 Å². The van der Waals surface area contributed by atoms with Crippen LogP contribution in [0.1, 0.15) is 50.1 Å². The molecule has 0 aromatic heterocycles. The van der Waals surface area contributed by atoms with Gasteiger partial charge in [-0.05, 0) is 43.7 Å². The van der Waals surface area contributed by atoms with E-state index in [4.69, 9.17) is 5.73 Å². The Kier molecular flexibility index (Phi) is 5.27. The van der Waals surface area contributed by atoms with Gasteiger partial charge in [-0.25, -0.2) is 8.78 Å². The molecule has 3 atom stereocenters. The fourth-order valence-electron chi connectivity index (χ4n) is 3.93. The lowest BCUT2D eigenvalue weighted by Gasteiger charge is -2.24. The first-order valence-electron chi connectivity index (χ1n) is 9.12. The number of hydrogen-bond donors (Lipinski definition) is 2. The Morgan fingerprint density at radius 2 is 2.00 bits per heavy atom. The molecule has 1 saturated carbocycles. The minimum Gasteiger partial charge on any atom is -0.374 e. The van der Waals surface area contributed by atoms with Crippen LogP contribution in [0.4, 0.5) is 14.5 Å². The first-order valence-corrected chi connectivity index (χ1v) is 9.12. The number of benzene rings is 1. The Morgan fingerprint density at radius 1 is 1.24 bits per heavy atom. The van der Waals surface area contributed by atoms with Crippen LogP contribution in [0.2, 0.25) is 0 Å². The van der Waals surface area contributed by atoms with E-state index < -0.39 is 12.0 Å². The molecule has 0 spiro atoms. The maximum Gasteiger partial charge on any atom is 0.262 e. The predicted octanol–water partition coefficient (Wildman–Crippen LogP) is 3.23. The number of rotatable bonds is 2. The van der Waals surface area contributed by atoms with Crippen molar-refractivity contribution in [1.29, 1.82) is 0 Å². The molecule has 3 N–H and O–H groups in total. The molecular formula is C19H27F2N3O. The van der Waals surface area contributed by atoms with Gasteiger partial charge in [-0.3, -0.25) is 4.79 Å². The third kappa shape index (κ3) is 3.94. The number of amides is 1. The second-order valence-electron chi connectivity index (χ2n) is 7.36. The molecule has 1 aromatic rings. The molecule has 25 heavy (non-hydrogen) atoms. The van der Waals surface area contributed by atoms with E-state index in [9.17, 15) is 13.6 Å². The molecule has 1 aliphatic carbocycles. The quantitative estimate of drug-likeness (QED) is 0.805. The summed E-state index contributed by atoms with van der Waals surface area (Å²) in [5, 5.41) is 3.12. The highest BCUT2D eigenvalue weighted by atomic mass is 19.3. The van der Waals surface area contributed by atoms with Gasteiger partial charge in [0.2, 0.25) is 5.91 Å². The van der Waals surface area contributed by atoms with Gasteiger partial charge < -0.3 is 16.0 Å². The zero-order valence-electron chi connectivity index (χ0n) is 14.7. The first-order chi connectivity index (χ1) is 11.9. The molecule has 1 fully saturated rings. The number of alkyl halides is 2. The van der Waals surface area contributed by atoms with Crippen LogP contribution in [-0.4, -0.2) is 31.5 Å². The summed E-state index contributed by atoms with van der Waals surface area (Å²) in [6.07, 6.45) is 2.34. The maximum absolute atomic E-state index is 13.8. The van der Waals surface area contributed by atoms with E-state index in [0.29, 0.717) is 6.42 Å². The van der Waals surface area contributed by atoms with Crippen molar-refractivity contribution in [1.82, 2.24) is 5.32 Å². The van der Waals surface area contributed by atoms with Gasteiger partial charge in [-0.2, -0.15) is 0 Å². The van der Waals surface area contributed by atoms with E-state index in [2.05, 4.69) is 23.3 Å². The highest BCUT2D eigenvalue weighted by Crippen LogP contribution is 2.35. The van der Waals surface area contributed by atoms with Crippen LogP contribution in [0.15, 0.2) is 24.3 Å². The van der Waals surface area contributed by atoms with Crippen molar-refractivity contribution in [2.24, 2.45) is 11.7 Å². The third-order valence-corrected chi connectivity index (χ3v) is 5.59. The predicted molar refractivity (Wildman–Crippen MR) is 94.7 cm³/mol. The number of carbonyl (C=O) groups is 1. The first kappa shape index (κ1) is 18.1. The number of halogens is 2. The van der Waals surface area contributed by atoms with Crippen LogP contribution in [0.3, 0.4) is 0 Å². The number of para-hydroxylation sites is 1. The smallest absolute Gasteiger partial charge is 0.262 e. The Morgan fingerprint density at radius 3 is 2.80 bits per heavy atom. The molecule has 6 heteroatoms. The monoisotopic (exact) mass is 351 g/mol. The highest BCUT2D eigenvalue weighted by molar-refractivity contribution is 5.79. The fourth-order valence-corrected chi connectivity index (χ4v) is 3.93. The molecule has 0 saturated heterocycles. The summed E-state index contributed by atoms with van der Waals surface area (Å²) < 4.78 is 27.6. The lowest BCUT2D eigenvalue weighted by molar-refractivity contribution is -0.126. The number of hydrogen-bond acceptors (Lipinski definition) is 3. The third-order valence-electron chi connectivity index (χ3n) is 5.59. The molecular weight excluding hydrogens is 324 g/mol. The molecule has 1 aromatic carbocycles. The van der Waals surface area contributed by atoms with Crippen LogP contribution in [0.5, 0.6) is 0 Å². The SMILES string of the molecule is CN1CCCC(NC(=O)C2CCC(N)C(F)(F)CC2)c2ccccc21. The van der Waals surface area contributed by atoms with Gasteiger partial charge in [0, 0.05) is 31.6 Å². The number of fused-ring (bicyclic) bond motifs is 1. The van der Waals surface area contributed by atoms with E-state index in [1.54, 1.807) is 0 Å². The molecule has 3 unspecified atom stereocenters. The van der Waals surface area contributed by atoms with Crippen LogP contribution >= 0.6 is 0 Å². The van der Waals surface area contributed by atoms with Crippen molar-refractivity contribution in [3.8, 4) is 0 Å². The number of carbonyl (C=O) groups excluding carboxylic acids is 1. The zero-order chi connectivity index (χ0) is 18.0. The summed E-state index contributed by atoms with van der Waals surface area (Å²) in [6, 6.07) is 6.87. The number of nitrogens with zero attached hydrogens (tertiary/aromatic N) is 1. The van der Waals surface area contributed by atoms with Crippen molar-refractivity contribution >= 4 is 11.6 Å². The largest absolute Gasteiger partial charge is 0.374 e. The summed E-state index contributed by atoms with van der Waals surface area (Å²) >= 11 is 0. The molecule has 0 radical (unpaired) electrons. The Bertz CT molecular complexity index is 622. The van der Waals surface area contributed by atoms with Gasteiger partial charge in [0.15, 0.2) is 0 Å². The van der Waals surface area contributed by atoms with E-state index >= 15 is 0 Å². The van der Waals surface area contributed by atoms with E-state index in [1.165, 1.54) is 0 Å². The topological polar surface area (TPSA) is 58.4 Å². The second-order valence-corrected chi connectivity index (χ2v) is 7.36. The van der Waals surface area contributed by atoms with Gasteiger partial charge in [0.25, 0.3) is 5.92 Å². The maximum atomic E-state index is 13.8. The highest BCUT2D eigenvalue weighted by Gasteiger charge is 2.41. The summed E-state index contributed by atoms with van der Waals surface area (Å²) in [5.74, 6) is -3.37. The number of nitrogens with two attached hydrogens (primary N) is 1. The van der Waals surface area contributed by atoms with Crippen LogP contribution in [0, 0.1) is 5.92 Å². The zero-order valence-corrected chi connectivity index (χ0v) is 14.7. The molecule has 4 nitrogen and oxygen atoms in total. The molecule has 3 rings (SSSR count). The number of anilines is 1. The fraction of sp³-hybridized carbons (Fsp3) is 0.632. The Hall–Kier alpha value is -1.69. The van der Waals surface area contributed by atoms with Crippen molar-refractivity contribution in [3.63, 3.8) is 0 Å². The standard InChI is InChI=1S/C19H27F2N3O/c1-24-12-4-6-15(14-5-2-3-7-16(14)24)23-18(25)13-8-9-17(22)19(20,21)11-10-13/h2-3,5,7,13,15,17H,4,6,8-12,22H2,1H3,(H,23,25). The summed E-state index contributed by atoms with van der Waals surface area (Å²) in [6.45, 7) is 0.938. The van der Waals surface area contributed by atoms with E-state index in [1.807, 2.05) is 18.2 Å². The van der Waals surface area contributed by atoms with E-state index in [-0.39, 0.29) is 37.1 Å². The lowest BCUT2D eigenvalue weighted by atomic mass is 9.96. The van der Waals surface area contributed by atoms with Gasteiger partial charge in [0.05, 0.1) is 12.1 Å². The van der Waals surface area contributed by atoms with E-state index in [0.717, 1.165) is 30.6 Å². The number of nitrogens with one attached hydrogen (secondary N) is 1. The van der Waals surface area contributed by atoms with Crippen LogP contribution in [-0.2, 0) is 4.79 Å². The molecule has 0 bridgehead atoms. The molecule has 1 heterocycles. The average Bonchev–Trinajstić information content (AvgIpc) is 2.82. The minimum atomic E-state index is -2.87. The normalized spacial score (nSPS) is 29.3. The lowest BCUT2D eigenvalue weighted by Crippen LogP contribution is -2.39. The summed E-state index contributed by atoms with van der Waals surface area (Å²) in [5.41, 5.74) is 7.80. The molecule has 1 amide bonds. The van der Waals surface area contributed by atoms with Crippen molar-refractivity contribution < 1.29 is 13.6 Å². The van der Waals surface area contributed by atoms with Crippen molar-refractivity contribution in [2.45, 2.75) is 56.5 Å². The van der Waals surface area contributed by atoms with Crippen molar-refractivity contribution in [2.75, 3.05) is 18.5 Å². The second kappa shape index (κ2) is 7.28. The van der Waals surface area contributed by atoms with Crippen LogP contribution < -0.4 is 16.0 Å². The Balaban J connectivity index is 1.71.